The second-order valence-electron chi connectivity index (χ2n) is 3.35. The molecule has 0 radical (unpaired) electrons. The molecule has 2 rings (SSSR count). The SMILES string of the molecule is Cc1cc2c(I)cncc2c(C)c1Br. The van der Waals surface area contributed by atoms with E-state index in [4.69, 9.17) is 0 Å². The van der Waals surface area contributed by atoms with Crippen molar-refractivity contribution >= 4 is 49.3 Å². The molecular weight excluding hydrogens is 353 g/mol. The Morgan fingerprint density at radius 1 is 1.21 bits per heavy atom. The fourth-order valence-electron chi connectivity index (χ4n) is 1.58. The van der Waals surface area contributed by atoms with Crippen LogP contribution in [0.5, 0.6) is 0 Å². The average molecular weight is 362 g/mol. The zero-order valence-electron chi connectivity index (χ0n) is 7.94. The molecule has 0 amide bonds. The minimum atomic E-state index is 1.19. The largest absolute Gasteiger partial charge is 0.263 e. The van der Waals surface area contributed by atoms with Gasteiger partial charge in [0.25, 0.3) is 0 Å². The number of hydrogen-bond acceptors (Lipinski definition) is 1. The summed E-state index contributed by atoms with van der Waals surface area (Å²) in [6, 6.07) is 2.20. The van der Waals surface area contributed by atoms with Gasteiger partial charge >= 0.3 is 0 Å². The van der Waals surface area contributed by atoms with Gasteiger partial charge in [0.05, 0.1) is 0 Å². The van der Waals surface area contributed by atoms with Crippen LogP contribution in [-0.2, 0) is 0 Å². The summed E-state index contributed by atoms with van der Waals surface area (Å²) < 4.78 is 2.40. The molecule has 0 spiro atoms. The van der Waals surface area contributed by atoms with Gasteiger partial charge < -0.3 is 0 Å². The summed E-state index contributed by atoms with van der Waals surface area (Å²) in [6.45, 7) is 4.24. The first-order valence-electron chi connectivity index (χ1n) is 4.30. The van der Waals surface area contributed by atoms with Crippen LogP contribution >= 0.6 is 38.5 Å². The molecule has 72 valence electrons. The molecule has 0 fully saturated rings. The number of halogens is 2. The van der Waals surface area contributed by atoms with Crippen LogP contribution in [0.2, 0.25) is 0 Å². The molecule has 3 heteroatoms. The molecule has 0 aliphatic carbocycles. The molecule has 0 saturated heterocycles. The number of pyridine rings is 1. The van der Waals surface area contributed by atoms with Crippen molar-refractivity contribution in [2.45, 2.75) is 13.8 Å². The number of benzene rings is 1. The van der Waals surface area contributed by atoms with Crippen LogP contribution in [-0.4, -0.2) is 4.98 Å². The molecule has 1 heterocycles. The van der Waals surface area contributed by atoms with Gasteiger partial charge in [-0.3, -0.25) is 4.98 Å². The van der Waals surface area contributed by atoms with Gasteiger partial charge in [0.15, 0.2) is 0 Å². The van der Waals surface area contributed by atoms with E-state index >= 15 is 0 Å². The molecule has 1 aromatic heterocycles. The Hall–Kier alpha value is -0.160. The molecule has 1 nitrogen and oxygen atoms in total. The van der Waals surface area contributed by atoms with E-state index in [1.54, 1.807) is 0 Å². The minimum Gasteiger partial charge on any atom is -0.263 e. The Labute approximate surface area is 105 Å². The number of aromatic nitrogens is 1. The lowest BCUT2D eigenvalue weighted by atomic mass is 10.0. The first-order chi connectivity index (χ1) is 6.61. The molecule has 0 saturated carbocycles. The highest BCUT2D eigenvalue weighted by Gasteiger charge is 2.07. The predicted molar refractivity (Wildman–Crippen MR) is 71.6 cm³/mol. The Morgan fingerprint density at radius 2 is 1.93 bits per heavy atom. The van der Waals surface area contributed by atoms with Gasteiger partial charge in [0, 0.05) is 25.8 Å². The normalized spacial score (nSPS) is 10.9. The Kier molecular flexibility index (Phi) is 2.79. The number of rotatable bonds is 0. The first kappa shape index (κ1) is 10.4. The van der Waals surface area contributed by atoms with Crippen LogP contribution in [0.3, 0.4) is 0 Å². The predicted octanol–water partition coefficient (Wildman–Crippen LogP) is 4.22. The lowest BCUT2D eigenvalue weighted by Gasteiger charge is -2.08. The standard InChI is InChI=1S/C11H9BrIN/c1-6-3-8-9(7(2)11(6)12)4-14-5-10(8)13/h3-5H,1-2H3. The molecule has 0 aliphatic heterocycles. The fourth-order valence-corrected chi connectivity index (χ4v) is 2.52. The van der Waals surface area contributed by atoms with E-state index in [1.807, 2.05) is 12.4 Å². The molecule has 0 N–H and O–H groups in total. The van der Waals surface area contributed by atoms with E-state index in [0.29, 0.717) is 0 Å². The van der Waals surface area contributed by atoms with Gasteiger partial charge in [-0.25, -0.2) is 0 Å². The summed E-state index contributed by atoms with van der Waals surface area (Å²) in [5.74, 6) is 0. The number of hydrogen-bond donors (Lipinski definition) is 0. The van der Waals surface area contributed by atoms with E-state index in [0.717, 1.165) is 0 Å². The van der Waals surface area contributed by atoms with E-state index in [9.17, 15) is 0 Å². The summed E-state index contributed by atoms with van der Waals surface area (Å²) in [6.07, 6.45) is 3.83. The number of nitrogens with zero attached hydrogens (tertiary/aromatic N) is 1. The number of fused-ring (bicyclic) bond motifs is 1. The summed E-state index contributed by atoms with van der Waals surface area (Å²) in [5.41, 5.74) is 2.55. The summed E-state index contributed by atoms with van der Waals surface area (Å²) >= 11 is 5.92. The van der Waals surface area contributed by atoms with Crippen molar-refractivity contribution in [3.8, 4) is 0 Å². The average Bonchev–Trinajstić information content (AvgIpc) is 2.17. The molecule has 1 aromatic carbocycles. The van der Waals surface area contributed by atoms with Crippen LogP contribution in [0, 0.1) is 17.4 Å². The molecule has 0 atom stereocenters. The van der Waals surface area contributed by atoms with Crippen molar-refractivity contribution in [2.75, 3.05) is 0 Å². The van der Waals surface area contributed by atoms with Crippen LogP contribution < -0.4 is 0 Å². The van der Waals surface area contributed by atoms with Crippen LogP contribution in [0.4, 0.5) is 0 Å². The third-order valence-electron chi connectivity index (χ3n) is 2.38. The highest BCUT2D eigenvalue weighted by atomic mass is 127. The topological polar surface area (TPSA) is 12.9 Å². The molecule has 14 heavy (non-hydrogen) atoms. The van der Waals surface area contributed by atoms with E-state index in [-0.39, 0.29) is 0 Å². The summed E-state index contributed by atoms with van der Waals surface area (Å²) in [5, 5.41) is 2.52. The quantitative estimate of drug-likeness (QED) is 0.640. The first-order valence-corrected chi connectivity index (χ1v) is 6.17. The molecule has 0 bridgehead atoms. The van der Waals surface area contributed by atoms with Crippen molar-refractivity contribution < 1.29 is 0 Å². The van der Waals surface area contributed by atoms with E-state index < -0.39 is 0 Å². The maximum absolute atomic E-state index is 4.22. The van der Waals surface area contributed by atoms with Crippen molar-refractivity contribution in [1.82, 2.24) is 4.98 Å². The zero-order valence-corrected chi connectivity index (χ0v) is 11.7. The van der Waals surface area contributed by atoms with Crippen LogP contribution in [0.1, 0.15) is 11.1 Å². The summed E-state index contributed by atoms with van der Waals surface area (Å²) in [4.78, 5) is 4.22. The van der Waals surface area contributed by atoms with Crippen molar-refractivity contribution in [1.29, 1.82) is 0 Å². The van der Waals surface area contributed by atoms with Gasteiger partial charge in [0.2, 0.25) is 0 Å². The van der Waals surface area contributed by atoms with Crippen LogP contribution in [0.15, 0.2) is 22.9 Å². The highest BCUT2D eigenvalue weighted by molar-refractivity contribution is 14.1. The smallest absolute Gasteiger partial charge is 0.0408 e. The maximum atomic E-state index is 4.22. The second-order valence-corrected chi connectivity index (χ2v) is 5.30. The maximum Gasteiger partial charge on any atom is 0.0408 e. The second kappa shape index (κ2) is 3.77. The minimum absolute atomic E-state index is 1.19. The van der Waals surface area contributed by atoms with E-state index in [1.165, 1.54) is 29.9 Å². The third kappa shape index (κ3) is 1.56. The molecular formula is C11H9BrIN. The van der Waals surface area contributed by atoms with Crippen molar-refractivity contribution in [3.63, 3.8) is 0 Å². The molecule has 0 unspecified atom stereocenters. The summed E-state index contributed by atoms with van der Waals surface area (Å²) in [7, 11) is 0. The highest BCUT2D eigenvalue weighted by Crippen LogP contribution is 2.30. The third-order valence-corrected chi connectivity index (χ3v) is 4.46. The Balaban J connectivity index is 2.98. The van der Waals surface area contributed by atoms with Crippen LogP contribution in [0.25, 0.3) is 10.8 Å². The van der Waals surface area contributed by atoms with Crippen molar-refractivity contribution in [2.24, 2.45) is 0 Å². The Morgan fingerprint density at radius 3 is 2.64 bits per heavy atom. The van der Waals surface area contributed by atoms with Gasteiger partial charge in [0.1, 0.15) is 0 Å². The molecule has 0 aliphatic rings. The van der Waals surface area contributed by atoms with Gasteiger partial charge in [-0.1, -0.05) is 15.9 Å². The van der Waals surface area contributed by atoms with Crippen molar-refractivity contribution in [3.05, 3.63) is 37.6 Å². The Bertz CT molecular complexity index is 508. The zero-order chi connectivity index (χ0) is 10.3. The lowest BCUT2D eigenvalue weighted by molar-refractivity contribution is 1.31. The van der Waals surface area contributed by atoms with Gasteiger partial charge in [-0.2, -0.15) is 0 Å². The monoisotopic (exact) mass is 361 g/mol. The molecule has 2 aromatic rings. The van der Waals surface area contributed by atoms with E-state index in [2.05, 4.69) is 63.4 Å². The number of aryl methyl sites for hydroxylation is 2. The van der Waals surface area contributed by atoms with Gasteiger partial charge in [-0.05, 0) is 59.0 Å². The lowest BCUT2D eigenvalue weighted by Crippen LogP contribution is -1.88. The fraction of sp³-hybridized carbons (Fsp3) is 0.182. The van der Waals surface area contributed by atoms with Gasteiger partial charge in [-0.15, -0.1) is 0 Å².